The molecule has 1 aromatic heterocycles. The molecule has 0 aliphatic heterocycles. The van der Waals surface area contributed by atoms with Crippen LogP contribution in [0.3, 0.4) is 0 Å². The van der Waals surface area contributed by atoms with E-state index in [0.717, 1.165) is 11.3 Å². The van der Waals surface area contributed by atoms with Crippen molar-refractivity contribution in [3.63, 3.8) is 0 Å². The number of hydrogen-bond acceptors (Lipinski definition) is 3. The van der Waals surface area contributed by atoms with Crippen molar-refractivity contribution in [2.24, 2.45) is 5.92 Å². The number of rotatable bonds is 3. The van der Waals surface area contributed by atoms with E-state index in [1.165, 1.54) is 0 Å². The van der Waals surface area contributed by atoms with E-state index < -0.39 is 0 Å². The summed E-state index contributed by atoms with van der Waals surface area (Å²) in [6.45, 7) is 3.74. The maximum absolute atomic E-state index is 11.8. The zero-order valence-electron chi connectivity index (χ0n) is 10.9. The zero-order valence-corrected chi connectivity index (χ0v) is 10.9. The summed E-state index contributed by atoms with van der Waals surface area (Å²) in [5.41, 5.74) is 2.98. The number of carbonyl (C=O) groups is 1. The lowest BCUT2D eigenvalue weighted by atomic mass is 10.0. The van der Waals surface area contributed by atoms with Gasteiger partial charge in [0.15, 0.2) is 5.78 Å². The lowest BCUT2D eigenvalue weighted by Crippen LogP contribution is -2.07. The van der Waals surface area contributed by atoms with Crippen LogP contribution in [0.1, 0.15) is 29.8 Å². The molecule has 1 heterocycles. The largest absolute Gasteiger partial charge is 0.294 e. The minimum atomic E-state index is -0.0254. The summed E-state index contributed by atoms with van der Waals surface area (Å²) in [5, 5.41) is 8.75. The number of aromatic nitrogens is 1. The van der Waals surface area contributed by atoms with Gasteiger partial charge in [-0.1, -0.05) is 26.0 Å². The van der Waals surface area contributed by atoms with Gasteiger partial charge in [0.25, 0.3) is 0 Å². The van der Waals surface area contributed by atoms with E-state index in [0.29, 0.717) is 11.1 Å². The second-order valence-corrected chi connectivity index (χ2v) is 4.64. The minimum absolute atomic E-state index is 0.0254. The van der Waals surface area contributed by atoms with E-state index in [1.807, 2.05) is 32.0 Å². The molecule has 0 fully saturated rings. The predicted molar refractivity (Wildman–Crippen MR) is 73.6 cm³/mol. The van der Waals surface area contributed by atoms with Gasteiger partial charge in [0.1, 0.15) is 0 Å². The third-order valence-electron chi connectivity index (χ3n) is 2.88. The lowest BCUT2D eigenvalue weighted by molar-refractivity contribution is 0.0939. The van der Waals surface area contributed by atoms with Gasteiger partial charge in [-0.25, -0.2) is 0 Å². The Balaban J connectivity index is 2.27. The van der Waals surface area contributed by atoms with Crippen molar-refractivity contribution in [3.8, 4) is 17.3 Å². The lowest BCUT2D eigenvalue weighted by Gasteiger charge is -2.05. The molecule has 0 aliphatic rings. The number of hydrogen-bond donors (Lipinski definition) is 0. The molecule has 2 rings (SSSR count). The van der Waals surface area contributed by atoms with Gasteiger partial charge in [0.05, 0.1) is 17.3 Å². The maximum Gasteiger partial charge on any atom is 0.166 e. The van der Waals surface area contributed by atoms with Gasteiger partial charge in [-0.15, -0.1) is 0 Å². The molecule has 19 heavy (non-hydrogen) atoms. The highest BCUT2D eigenvalue weighted by atomic mass is 16.1. The summed E-state index contributed by atoms with van der Waals surface area (Å²) >= 11 is 0. The second-order valence-electron chi connectivity index (χ2n) is 4.64. The van der Waals surface area contributed by atoms with Gasteiger partial charge >= 0.3 is 0 Å². The molecule has 0 atom stereocenters. The molecule has 0 unspecified atom stereocenters. The number of carbonyl (C=O) groups excluding carboxylic acids is 1. The molecule has 0 amide bonds. The van der Waals surface area contributed by atoms with Crippen LogP contribution in [0.15, 0.2) is 42.6 Å². The van der Waals surface area contributed by atoms with E-state index in [-0.39, 0.29) is 11.7 Å². The average molecular weight is 250 g/mol. The molecule has 0 bridgehead atoms. The van der Waals surface area contributed by atoms with Crippen molar-refractivity contribution in [1.82, 2.24) is 4.98 Å². The summed E-state index contributed by atoms with van der Waals surface area (Å²) in [6, 6.07) is 12.9. The first-order valence-corrected chi connectivity index (χ1v) is 6.12. The standard InChI is InChI=1S/C16H14N2O/c1-11(2)16(19)14-7-8-15(18-10-14)13-5-3-12(9-17)4-6-13/h3-8,10-11H,1-2H3. The van der Waals surface area contributed by atoms with Crippen LogP contribution in [0.5, 0.6) is 0 Å². The number of Topliss-reactive ketones (excluding diaryl/α,β-unsaturated/α-hetero) is 1. The quantitative estimate of drug-likeness (QED) is 0.784. The second kappa shape index (κ2) is 5.45. The summed E-state index contributed by atoms with van der Waals surface area (Å²) < 4.78 is 0. The van der Waals surface area contributed by atoms with E-state index in [2.05, 4.69) is 11.1 Å². The van der Waals surface area contributed by atoms with Gasteiger partial charge in [0.2, 0.25) is 0 Å². The van der Waals surface area contributed by atoms with Gasteiger partial charge < -0.3 is 0 Å². The van der Waals surface area contributed by atoms with Crippen LogP contribution in [0.4, 0.5) is 0 Å². The number of nitrogens with zero attached hydrogens (tertiary/aromatic N) is 2. The molecule has 2 aromatic rings. The molecule has 0 N–H and O–H groups in total. The van der Waals surface area contributed by atoms with Crippen LogP contribution in [0.25, 0.3) is 11.3 Å². The highest BCUT2D eigenvalue weighted by Crippen LogP contribution is 2.18. The monoisotopic (exact) mass is 250 g/mol. The fraction of sp³-hybridized carbons (Fsp3) is 0.188. The topological polar surface area (TPSA) is 53.8 Å². The van der Waals surface area contributed by atoms with Crippen LogP contribution in [0.2, 0.25) is 0 Å². The van der Waals surface area contributed by atoms with Gasteiger partial charge in [-0.3, -0.25) is 9.78 Å². The van der Waals surface area contributed by atoms with Crippen LogP contribution in [0, 0.1) is 17.2 Å². The highest BCUT2D eigenvalue weighted by Gasteiger charge is 2.10. The number of benzene rings is 1. The van der Waals surface area contributed by atoms with Crippen LogP contribution < -0.4 is 0 Å². The fourth-order valence-corrected chi connectivity index (χ4v) is 1.76. The Kier molecular flexibility index (Phi) is 3.72. The molecule has 0 aliphatic carbocycles. The predicted octanol–water partition coefficient (Wildman–Crippen LogP) is 3.46. The Morgan fingerprint density at radius 2 is 1.84 bits per heavy atom. The van der Waals surface area contributed by atoms with Crippen LogP contribution in [-0.2, 0) is 0 Å². The molecular formula is C16H14N2O. The fourth-order valence-electron chi connectivity index (χ4n) is 1.76. The number of pyridine rings is 1. The molecule has 0 radical (unpaired) electrons. The molecule has 0 spiro atoms. The normalized spacial score (nSPS) is 10.2. The Hall–Kier alpha value is -2.47. The van der Waals surface area contributed by atoms with Crippen molar-refractivity contribution in [2.45, 2.75) is 13.8 Å². The van der Waals surface area contributed by atoms with E-state index in [9.17, 15) is 4.79 Å². The first-order chi connectivity index (χ1) is 9.11. The van der Waals surface area contributed by atoms with E-state index in [1.54, 1.807) is 24.4 Å². The summed E-state index contributed by atoms with van der Waals surface area (Å²) in [6.07, 6.45) is 1.61. The Labute approximate surface area is 112 Å². The molecule has 0 saturated heterocycles. The smallest absolute Gasteiger partial charge is 0.166 e. The number of ketones is 1. The molecule has 1 aromatic carbocycles. The summed E-state index contributed by atoms with van der Waals surface area (Å²) in [7, 11) is 0. The molecule has 0 saturated carbocycles. The van der Waals surface area contributed by atoms with Gasteiger partial charge in [0, 0.05) is 23.2 Å². The first kappa shape index (κ1) is 13.0. The summed E-state index contributed by atoms with van der Waals surface area (Å²) in [5.74, 6) is 0.0708. The van der Waals surface area contributed by atoms with Crippen LogP contribution >= 0.6 is 0 Å². The third kappa shape index (κ3) is 2.86. The Morgan fingerprint density at radius 1 is 1.16 bits per heavy atom. The summed E-state index contributed by atoms with van der Waals surface area (Å²) in [4.78, 5) is 16.1. The van der Waals surface area contributed by atoms with E-state index in [4.69, 9.17) is 5.26 Å². The Bertz CT molecular complexity index is 619. The van der Waals surface area contributed by atoms with Crippen LogP contribution in [-0.4, -0.2) is 10.8 Å². The van der Waals surface area contributed by atoms with Crippen molar-refractivity contribution < 1.29 is 4.79 Å². The first-order valence-electron chi connectivity index (χ1n) is 6.12. The number of nitriles is 1. The van der Waals surface area contributed by atoms with Gasteiger partial charge in [-0.05, 0) is 24.3 Å². The van der Waals surface area contributed by atoms with Crippen molar-refractivity contribution in [1.29, 1.82) is 5.26 Å². The molecule has 94 valence electrons. The molecular weight excluding hydrogens is 236 g/mol. The SMILES string of the molecule is CC(C)C(=O)c1ccc(-c2ccc(C#N)cc2)nc1. The van der Waals surface area contributed by atoms with Crippen molar-refractivity contribution in [3.05, 3.63) is 53.7 Å². The average Bonchev–Trinajstić information content (AvgIpc) is 2.46. The molecule has 3 heteroatoms. The van der Waals surface area contributed by atoms with Crippen molar-refractivity contribution in [2.75, 3.05) is 0 Å². The van der Waals surface area contributed by atoms with Crippen molar-refractivity contribution >= 4 is 5.78 Å². The third-order valence-corrected chi connectivity index (χ3v) is 2.88. The Morgan fingerprint density at radius 3 is 2.32 bits per heavy atom. The van der Waals surface area contributed by atoms with Gasteiger partial charge in [-0.2, -0.15) is 5.26 Å². The highest BCUT2D eigenvalue weighted by molar-refractivity contribution is 5.97. The zero-order chi connectivity index (χ0) is 13.8. The molecule has 3 nitrogen and oxygen atoms in total. The minimum Gasteiger partial charge on any atom is -0.294 e. The van der Waals surface area contributed by atoms with E-state index >= 15 is 0 Å². The maximum atomic E-state index is 11.8.